The van der Waals surface area contributed by atoms with Gasteiger partial charge in [-0.3, -0.25) is 4.98 Å². The van der Waals surface area contributed by atoms with Gasteiger partial charge in [0.25, 0.3) is 0 Å². The largest absolute Gasteiger partial charge is 0.366 e. The minimum Gasteiger partial charge on any atom is -0.366 e. The van der Waals surface area contributed by atoms with E-state index >= 15 is 0 Å². The third kappa shape index (κ3) is 2.64. The highest BCUT2D eigenvalue weighted by atomic mass is 19.1. The molecule has 1 heterocycles. The molecule has 2 aromatic rings. The van der Waals surface area contributed by atoms with Gasteiger partial charge in [0.1, 0.15) is 11.9 Å². The minimum atomic E-state index is -0.541. The molecular weight excluding hydrogens is 229 g/mol. The summed E-state index contributed by atoms with van der Waals surface area (Å²) >= 11 is 0. The maximum Gasteiger partial charge on any atom is 0.142 e. The summed E-state index contributed by atoms with van der Waals surface area (Å²) in [6.07, 6.45) is 3.32. The van der Waals surface area contributed by atoms with Gasteiger partial charge in [-0.05, 0) is 36.8 Å². The second kappa shape index (κ2) is 5.28. The van der Waals surface area contributed by atoms with Crippen molar-refractivity contribution >= 4 is 5.69 Å². The molecule has 1 unspecified atom stereocenters. The Balaban J connectivity index is 2.26. The molecule has 0 saturated heterocycles. The van der Waals surface area contributed by atoms with Gasteiger partial charge in [-0.25, -0.2) is 4.39 Å². The normalized spacial score (nSPS) is 11.6. The maximum absolute atomic E-state index is 13.1. The molecule has 0 bridgehead atoms. The zero-order valence-electron chi connectivity index (χ0n) is 9.89. The van der Waals surface area contributed by atoms with Crippen molar-refractivity contribution in [3.05, 3.63) is 59.7 Å². The number of rotatable bonds is 3. The van der Waals surface area contributed by atoms with E-state index in [2.05, 4.69) is 16.4 Å². The van der Waals surface area contributed by atoms with Crippen LogP contribution in [-0.2, 0) is 0 Å². The molecule has 0 aliphatic heterocycles. The molecule has 0 radical (unpaired) electrons. The van der Waals surface area contributed by atoms with E-state index in [-0.39, 0.29) is 5.82 Å². The molecule has 1 aromatic carbocycles. The zero-order valence-corrected chi connectivity index (χ0v) is 9.89. The Hall–Kier alpha value is -2.41. The first kappa shape index (κ1) is 12.1. The molecule has 2 rings (SSSR count). The fourth-order valence-electron chi connectivity index (χ4n) is 1.70. The predicted molar refractivity (Wildman–Crippen MR) is 67.4 cm³/mol. The van der Waals surface area contributed by atoms with Gasteiger partial charge in [0, 0.05) is 23.6 Å². The summed E-state index contributed by atoms with van der Waals surface area (Å²) in [6, 6.07) is 9.49. The average Bonchev–Trinajstić information content (AvgIpc) is 2.37. The van der Waals surface area contributed by atoms with Crippen LogP contribution in [0.4, 0.5) is 10.1 Å². The first-order valence-corrected chi connectivity index (χ1v) is 5.53. The lowest BCUT2D eigenvalue weighted by Gasteiger charge is -2.14. The number of aromatic nitrogens is 1. The number of benzene rings is 1. The van der Waals surface area contributed by atoms with Crippen molar-refractivity contribution in [3.8, 4) is 6.07 Å². The fourth-order valence-corrected chi connectivity index (χ4v) is 1.70. The van der Waals surface area contributed by atoms with E-state index in [1.54, 1.807) is 24.5 Å². The predicted octanol–water partition coefficient (Wildman–Crippen LogP) is 3.21. The van der Waals surface area contributed by atoms with Crippen LogP contribution in [0, 0.1) is 24.1 Å². The van der Waals surface area contributed by atoms with E-state index in [9.17, 15) is 9.65 Å². The zero-order chi connectivity index (χ0) is 13.0. The van der Waals surface area contributed by atoms with Crippen LogP contribution in [0.3, 0.4) is 0 Å². The number of nitrogens with one attached hydrogen (secondary N) is 1. The van der Waals surface area contributed by atoms with Crippen molar-refractivity contribution in [2.24, 2.45) is 0 Å². The number of anilines is 1. The summed E-state index contributed by atoms with van der Waals surface area (Å²) in [7, 11) is 0. The van der Waals surface area contributed by atoms with E-state index in [1.165, 1.54) is 12.1 Å². The molecule has 0 amide bonds. The number of aryl methyl sites for hydroxylation is 1. The van der Waals surface area contributed by atoms with E-state index in [4.69, 9.17) is 0 Å². The van der Waals surface area contributed by atoms with Crippen LogP contribution in [0.1, 0.15) is 17.2 Å². The van der Waals surface area contributed by atoms with Gasteiger partial charge in [-0.1, -0.05) is 6.07 Å². The number of hydrogen-bond donors (Lipinski definition) is 1. The smallest absolute Gasteiger partial charge is 0.142 e. The Labute approximate surface area is 105 Å². The highest BCUT2D eigenvalue weighted by molar-refractivity contribution is 5.48. The molecule has 0 saturated carbocycles. The molecule has 0 spiro atoms. The summed E-state index contributed by atoms with van der Waals surface area (Å²) in [5.74, 6) is -0.334. The van der Waals surface area contributed by atoms with Gasteiger partial charge in [0.05, 0.1) is 6.07 Å². The Kier molecular flexibility index (Phi) is 3.54. The summed E-state index contributed by atoms with van der Waals surface area (Å²) in [5.41, 5.74) is 2.34. The molecule has 0 fully saturated rings. The Morgan fingerprint density at radius 1 is 1.39 bits per heavy atom. The highest BCUT2D eigenvalue weighted by Crippen LogP contribution is 2.21. The first-order chi connectivity index (χ1) is 8.70. The van der Waals surface area contributed by atoms with Crippen LogP contribution in [0.15, 0.2) is 42.7 Å². The Morgan fingerprint density at radius 2 is 2.22 bits per heavy atom. The lowest BCUT2D eigenvalue weighted by Crippen LogP contribution is -2.10. The van der Waals surface area contributed by atoms with Crippen molar-refractivity contribution < 1.29 is 4.39 Å². The summed E-state index contributed by atoms with van der Waals surface area (Å²) in [6.45, 7) is 1.91. The van der Waals surface area contributed by atoms with Crippen LogP contribution in [0.5, 0.6) is 0 Å². The third-order valence-corrected chi connectivity index (χ3v) is 2.66. The summed E-state index contributed by atoms with van der Waals surface area (Å²) in [5, 5.41) is 12.2. The monoisotopic (exact) mass is 241 g/mol. The maximum atomic E-state index is 13.1. The van der Waals surface area contributed by atoms with Gasteiger partial charge in [-0.2, -0.15) is 5.26 Å². The number of hydrogen-bond acceptors (Lipinski definition) is 3. The van der Waals surface area contributed by atoms with Crippen LogP contribution in [0.2, 0.25) is 0 Å². The first-order valence-electron chi connectivity index (χ1n) is 5.53. The molecule has 3 nitrogen and oxygen atoms in total. The number of halogens is 1. The minimum absolute atomic E-state index is 0.334. The molecule has 1 atom stereocenters. The van der Waals surface area contributed by atoms with E-state index < -0.39 is 6.04 Å². The molecule has 1 N–H and O–H groups in total. The van der Waals surface area contributed by atoms with Gasteiger partial charge >= 0.3 is 0 Å². The van der Waals surface area contributed by atoms with Crippen LogP contribution in [-0.4, -0.2) is 4.98 Å². The standard InChI is InChI=1S/C14H12FN3/c1-10-5-6-17-9-13(10)14(8-16)18-12-4-2-3-11(15)7-12/h2-7,9,14,18H,1H3. The average molecular weight is 241 g/mol. The number of nitriles is 1. The van der Waals surface area contributed by atoms with Gasteiger partial charge in [-0.15, -0.1) is 0 Å². The topological polar surface area (TPSA) is 48.7 Å². The highest BCUT2D eigenvalue weighted by Gasteiger charge is 2.13. The van der Waals surface area contributed by atoms with Gasteiger partial charge < -0.3 is 5.32 Å². The number of pyridine rings is 1. The fraction of sp³-hybridized carbons (Fsp3) is 0.143. The summed E-state index contributed by atoms with van der Waals surface area (Å²) < 4.78 is 13.1. The van der Waals surface area contributed by atoms with Crippen molar-refractivity contribution in [2.75, 3.05) is 5.32 Å². The third-order valence-electron chi connectivity index (χ3n) is 2.66. The molecule has 1 aromatic heterocycles. The van der Waals surface area contributed by atoms with E-state index in [1.807, 2.05) is 13.0 Å². The number of nitrogens with zero attached hydrogens (tertiary/aromatic N) is 2. The Bertz CT molecular complexity index is 590. The van der Waals surface area contributed by atoms with Gasteiger partial charge in [0.15, 0.2) is 0 Å². The van der Waals surface area contributed by atoms with Crippen molar-refractivity contribution in [1.29, 1.82) is 5.26 Å². The molecular formula is C14H12FN3. The van der Waals surface area contributed by atoms with Crippen LogP contribution < -0.4 is 5.32 Å². The summed E-state index contributed by atoms with van der Waals surface area (Å²) in [4.78, 5) is 4.01. The lowest BCUT2D eigenvalue weighted by molar-refractivity contribution is 0.628. The quantitative estimate of drug-likeness (QED) is 0.897. The van der Waals surface area contributed by atoms with Crippen molar-refractivity contribution in [2.45, 2.75) is 13.0 Å². The SMILES string of the molecule is Cc1ccncc1C(C#N)Nc1cccc(F)c1. The van der Waals surface area contributed by atoms with Crippen molar-refractivity contribution in [1.82, 2.24) is 4.98 Å². The van der Waals surface area contributed by atoms with Gasteiger partial charge in [0.2, 0.25) is 0 Å². The second-order valence-electron chi connectivity index (χ2n) is 3.95. The van der Waals surface area contributed by atoms with Crippen LogP contribution in [0.25, 0.3) is 0 Å². The second-order valence-corrected chi connectivity index (χ2v) is 3.95. The molecule has 0 aliphatic rings. The van der Waals surface area contributed by atoms with E-state index in [0.717, 1.165) is 11.1 Å². The molecule has 0 aliphatic carbocycles. The van der Waals surface area contributed by atoms with Crippen molar-refractivity contribution in [3.63, 3.8) is 0 Å². The molecule has 4 heteroatoms. The molecule has 90 valence electrons. The Morgan fingerprint density at radius 3 is 2.89 bits per heavy atom. The van der Waals surface area contributed by atoms with E-state index in [0.29, 0.717) is 5.69 Å². The lowest BCUT2D eigenvalue weighted by atomic mass is 10.0. The van der Waals surface area contributed by atoms with Crippen LogP contribution >= 0.6 is 0 Å². The molecule has 18 heavy (non-hydrogen) atoms.